The molecule has 1 rings (SSSR count). The molecule has 0 amide bonds. The highest BCUT2D eigenvalue weighted by Crippen LogP contribution is 2.25. The number of carbonyl (C=O) groups excluding carboxylic acids is 1. The second-order valence-electron chi connectivity index (χ2n) is 4.40. The van der Waals surface area contributed by atoms with E-state index in [1.807, 2.05) is 0 Å². The third-order valence-electron chi connectivity index (χ3n) is 3.12. The number of rotatable bonds is 5. The van der Waals surface area contributed by atoms with Crippen LogP contribution in [0, 0.1) is 0 Å². The Morgan fingerprint density at radius 1 is 1.56 bits per heavy atom. The van der Waals surface area contributed by atoms with E-state index >= 15 is 0 Å². The van der Waals surface area contributed by atoms with Gasteiger partial charge in [-0.2, -0.15) is 0 Å². The fourth-order valence-electron chi connectivity index (χ4n) is 2.01. The van der Waals surface area contributed by atoms with E-state index in [1.54, 1.807) is 0 Å². The van der Waals surface area contributed by atoms with Crippen LogP contribution < -0.4 is 0 Å². The van der Waals surface area contributed by atoms with Gasteiger partial charge in [0.2, 0.25) is 0 Å². The van der Waals surface area contributed by atoms with Gasteiger partial charge < -0.3 is 9.53 Å². The Kier molecular flexibility index (Phi) is 5.47. The van der Waals surface area contributed by atoms with Crippen molar-refractivity contribution in [2.24, 2.45) is 0 Å². The fraction of sp³-hybridized carbons (Fsp3) is 0.643. The van der Waals surface area contributed by atoms with E-state index in [0.717, 1.165) is 25.5 Å². The van der Waals surface area contributed by atoms with Crippen LogP contribution in [0.5, 0.6) is 0 Å². The first-order chi connectivity index (χ1) is 7.69. The van der Waals surface area contributed by atoms with Crippen molar-refractivity contribution in [2.75, 3.05) is 0 Å². The minimum absolute atomic E-state index is 0.209. The molecule has 0 spiro atoms. The molecule has 0 saturated heterocycles. The molecule has 0 radical (unpaired) electrons. The minimum atomic E-state index is 0.209. The fourth-order valence-corrected chi connectivity index (χ4v) is 2.01. The molecule has 2 atom stereocenters. The van der Waals surface area contributed by atoms with Crippen molar-refractivity contribution >= 4 is 6.29 Å². The molecule has 1 heterocycles. The lowest BCUT2D eigenvalue weighted by Gasteiger charge is -2.29. The van der Waals surface area contributed by atoms with Crippen LogP contribution in [-0.2, 0) is 9.53 Å². The topological polar surface area (TPSA) is 26.3 Å². The molecule has 0 saturated carbocycles. The number of hydrogen-bond donors (Lipinski definition) is 0. The summed E-state index contributed by atoms with van der Waals surface area (Å²) in [5.74, 6) is 0. The molecule has 0 aromatic carbocycles. The highest BCUT2D eigenvalue weighted by molar-refractivity contribution is 5.49. The molecule has 0 aromatic heterocycles. The lowest BCUT2D eigenvalue weighted by Crippen LogP contribution is -2.27. The molecule has 2 nitrogen and oxygen atoms in total. The van der Waals surface area contributed by atoms with E-state index in [9.17, 15) is 4.79 Å². The molecule has 0 N–H and O–H groups in total. The van der Waals surface area contributed by atoms with Gasteiger partial charge in [-0.1, -0.05) is 19.1 Å². The third kappa shape index (κ3) is 3.60. The molecule has 1 aliphatic rings. The zero-order valence-corrected chi connectivity index (χ0v) is 10.5. The van der Waals surface area contributed by atoms with Crippen molar-refractivity contribution < 1.29 is 9.53 Å². The largest absolute Gasteiger partial charge is 0.366 e. The minimum Gasteiger partial charge on any atom is -0.366 e. The summed E-state index contributed by atoms with van der Waals surface area (Å²) in [6.45, 7) is 6.38. The predicted octanol–water partition coefficient (Wildman–Crippen LogP) is 3.43. The second-order valence-corrected chi connectivity index (χ2v) is 4.40. The molecule has 16 heavy (non-hydrogen) atoms. The van der Waals surface area contributed by atoms with E-state index in [0.29, 0.717) is 6.42 Å². The normalized spacial score (nSPS) is 26.4. The van der Waals surface area contributed by atoms with Crippen LogP contribution in [0.4, 0.5) is 0 Å². The van der Waals surface area contributed by atoms with E-state index in [1.165, 1.54) is 11.1 Å². The van der Waals surface area contributed by atoms with Gasteiger partial charge in [0.05, 0.1) is 12.2 Å². The molecule has 1 aliphatic heterocycles. The summed E-state index contributed by atoms with van der Waals surface area (Å²) in [6, 6.07) is 0. The zero-order valence-electron chi connectivity index (χ0n) is 10.5. The average Bonchev–Trinajstić information content (AvgIpc) is 2.30. The van der Waals surface area contributed by atoms with Crippen molar-refractivity contribution in [2.45, 2.75) is 58.7 Å². The first kappa shape index (κ1) is 13.2. The van der Waals surface area contributed by atoms with Gasteiger partial charge in [0.1, 0.15) is 6.29 Å². The number of ether oxygens (including phenoxy) is 1. The Morgan fingerprint density at radius 2 is 2.31 bits per heavy atom. The summed E-state index contributed by atoms with van der Waals surface area (Å²) in [6.07, 6.45) is 9.27. The summed E-state index contributed by atoms with van der Waals surface area (Å²) >= 11 is 0. The lowest BCUT2D eigenvalue weighted by atomic mass is 9.98. The van der Waals surface area contributed by atoms with Crippen LogP contribution >= 0.6 is 0 Å². The summed E-state index contributed by atoms with van der Waals surface area (Å²) in [5.41, 5.74) is 2.60. The van der Waals surface area contributed by atoms with E-state index in [-0.39, 0.29) is 12.2 Å². The summed E-state index contributed by atoms with van der Waals surface area (Å²) in [5, 5.41) is 0. The molecular formula is C14H22O2. The quantitative estimate of drug-likeness (QED) is 0.405. The summed E-state index contributed by atoms with van der Waals surface area (Å²) in [7, 11) is 0. The lowest BCUT2D eigenvalue weighted by molar-refractivity contribution is -0.107. The number of carbonyl (C=O) groups is 1. The Labute approximate surface area is 98.4 Å². The number of unbranched alkanes of at least 4 members (excludes halogenated alkanes) is 1. The molecule has 0 aromatic rings. The summed E-state index contributed by atoms with van der Waals surface area (Å²) in [4.78, 5) is 10.2. The van der Waals surface area contributed by atoms with Crippen LogP contribution in [0.2, 0.25) is 0 Å². The Hall–Kier alpha value is -0.890. The van der Waals surface area contributed by atoms with Crippen molar-refractivity contribution in [3.05, 3.63) is 23.3 Å². The Morgan fingerprint density at radius 3 is 2.94 bits per heavy atom. The molecule has 0 unspecified atom stereocenters. The average molecular weight is 222 g/mol. The maximum atomic E-state index is 10.2. The highest BCUT2D eigenvalue weighted by atomic mass is 16.5. The van der Waals surface area contributed by atoms with Crippen LogP contribution in [-0.4, -0.2) is 18.5 Å². The molecule has 0 fully saturated rings. The van der Waals surface area contributed by atoms with Gasteiger partial charge >= 0.3 is 0 Å². The van der Waals surface area contributed by atoms with Crippen molar-refractivity contribution in [1.82, 2.24) is 0 Å². The van der Waals surface area contributed by atoms with Gasteiger partial charge in [0.25, 0.3) is 0 Å². The number of allylic oxidation sites excluding steroid dienone is 1. The van der Waals surface area contributed by atoms with Crippen molar-refractivity contribution in [3.63, 3.8) is 0 Å². The maximum absolute atomic E-state index is 10.2. The van der Waals surface area contributed by atoms with Gasteiger partial charge in [0.15, 0.2) is 0 Å². The van der Waals surface area contributed by atoms with Gasteiger partial charge in [-0.3, -0.25) is 0 Å². The monoisotopic (exact) mass is 222 g/mol. The first-order valence-electron chi connectivity index (χ1n) is 6.11. The van der Waals surface area contributed by atoms with Crippen molar-refractivity contribution in [1.29, 1.82) is 0 Å². The molecule has 2 heteroatoms. The SMILES string of the molecule is CC[C@H]1O[C@@H](/C(C)=C/CCC=O)CC=C1C. The standard InChI is InChI=1S/C14H22O2/c1-4-13-12(3)8-9-14(16-13)11(2)7-5-6-10-15/h7-8,10,13-14H,4-6,9H2,1-3H3/b11-7+/t13-,14-/m1/s1. The van der Waals surface area contributed by atoms with Gasteiger partial charge in [-0.15, -0.1) is 0 Å². The van der Waals surface area contributed by atoms with Gasteiger partial charge in [-0.25, -0.2) is 0 Å². The Bertz CT molecular complexity index is 289. The van der Waals surface area contributed by atoms with Crippen LogP contribution in [0.3, 0.4) is 0 Å². The second kappa shape index (κ2) is 6.64. The molecule has 90 valence electrons. The number of hydrogen-bond acceptors (Lipinski definition) is 2. The maximum Gasteiger partial charge on any atom is 0.120 e. The Balaban J connectivity index is 2.55. The molecule has 0 aliphatic carbocycles. The van der Waals surface area contributed by atoms with Gasteiger partial charge in [0, 0.05) is 6.42 Å². The predicted molar refractivity (Wildman–Crippen MR) is 66.4 cm³/mol. The summed E-state index contributed by atoms with van der Waals surface area (Å²) < 4.78 is 6.02. The third-order valence-corrected chi connectivity index (χ3v) is 3.12. The zero-order chi connectivity index (χ0) is 12.0. The van der Waals surface area contributed by atoms with Crippen LogP contribution in [0.15, 0.2) is 23.3 Å². The number of aldehydes is 1. The van der Waals surface area contributed by atoms with E-state index in [4.69, 9.17) is 4.74 Å². The highest BCUT2D eigenvalue weighted by Gasteiger charge is 2.21. The molecular weight excluding hydrogens is 200 g/mol. The van der Waals surface area contributed by atoms with E-state index < -0.39 is 0 Å². The van der Waals surface area contributed by atoms with Crippen LogP contribution in [0.1, 0.15) is 46.5 Å². The molecule has 0 bridgehead atoms. The van der Waals surface area contributed by atoms with Crippen molar-refractivity contribution in [3.8, 4) is 0 Å². The van der Waals surface area contributed by atoms with Gasteiger partial charge in [-0.05, 0) is 44.3 Å². The van der Waals surface area contributed by atoms with Crippen LogP contribution in [0.25, 0.3) is 0 Å². The first-order valence-corrected chi connectivity index (χ1v) is 6.11. The van der Waals surface area contributed by atoms with E-state index in [2.05, 4.69) is 32.9 Å². The smallest absolute Gasteiger partial charge is 0.120 e.